The van der Waals surface area contributed by atoms with Gasteiger partial charge in [0, 0.05) is 0 Å². The summed E-state index contributed by atoms with van der Waals surface area (Å²) < 4.78 is 30.4. The summed E-state index contributed by atoms with van der Waals surface area (Å²) in [5, 5.41) is 5.59. The van der Waals surface area contributed by atoms with Crippen LogP contribution in [0.15, 0.2) is 207 Å². The second-order valence-electron chi connectivity index (χ2n) is 11.7. The summed E-state index contributed by atoms with van der Waals surface area (Å²) in [6.45, 7) is 0.327. The van der Waals surface area contributed by atoms with Crippen molar-refractivity contribution in [1.29, 1.82) is 0 Å². The van der Waals surface area contributed by atoms with Crippen molar-refractivity contribution in [3.05, 3.63) is 207 Å². The van der Waals surface area contributed by atoms with E-state index in [1.165, 1.54) is 0 Å². The third kappa shape index (κ3) is 5.35. The first-order valence-corrected chi connectivity index (χ1v) is 21.6. The second kappa shape index (κ2) is 14.1. The van der Waals surface area contributed by atoms with Crippen LogP contribution >= 0.6 is 13.7 Å². The van der Waals surface area contributed by atoms with E-state index in [1.807, 2.05) is 121 Å². The normalized spacial score (nSPS) is 14.0. The molecule has 0 aromatic heterocycles. The zero-order chi connectivity index (χ0) is 33.4. The molecule has 0 bridgehead atoms. The molecule has 0 unspecified atom stereocenters. The molecule has 0 fully saturated rings. The van der Waals surface area contributed by atoms with Gasteiger partial charge in [0.15, 0.2) is 0 Å². The molecule has 48 heavy (non-hydrogen) atoms. The van der Waals surface area contributed by atoms with E-state index in [2.05, 4.69) is 86.0 Å². The first-order chi connectivity index (χ1) is 23.5. The fraction of sp³-hybridized carbons (Fsp3) is 0.0476. The molecule has 0 radical (unpaired) electrons. The van der Waals surface area contributed by atoms with Gasteiger partial charge in [0.1, 0.15) is 0 Å². The molecule has 0 heterocycles. The molecule has 0 aliphatic rings. The molecule has 3 nitrogen and oxygen atoms in total. The monoisotopic (exact) mass is 686 g/mol. The van der Waals surface area contributed by atoms with Gasteiger partial charge in [0.25, 0.3) is 0 Å². The number of hydrogen-bond donors (Lipinski definition) is 0. The minimum atomic E-state index is -4.08. The van der Waals surface area contributed by atoms with Crippen molar-refractivity contribution in [3.63, 3.8) is 0 Å². The molecule has 0 aliphatic heterocycles. The molecular formula is C42H40O3P2S. The van der Waals surface area contributed by atoms with E-state index >= 15 is 4.21 Å². The van der Waals surface area contributed by atoms with Crippen molar-refractivity contribution < 1.29 is 12.1 Å². The summed E-state index contributed by atoms with van der Waals surface area (Å²) in [6.07, 6.45) is 4.57. The van der Waals surface area contributed by atoms with Crippen molar-refractivity contribution in [2.24, 2.45) is 0 Å². The number of allylic oxidation sites excluding steroid dienone is 2. The summed E-state index contributed by atoms with van der Waals surface area (Å²) in [6, 6.07) is 61.0. The third-order valence-corrected chi connectivity index (χ3v) is 23.1. The molecule has 0 atom stereocenters. The van der Waals surface area contributed by atoms with Gasteiger partial charge in [0.2, 0.25) is 0 Å². The Bertz CT molecular complexity index is 1640. The minimum absolute atomic E-state index is 0.401. The van der Waals surface area contributed by atoms with Crippen LogP contribution in [0.5, 0.6) is 0 Å². The zero-order valence-corrected chi connectivity index (χ0v) is 29.4. The van der Waals surface area contributed by atoms with Crippen LogP contribution in [0.4, 0.5) is 0 Å². The third-order valence-electron chi connectivity index (χ3n) is 9.22. The van der Waals surface area contributed by atoms with Gasteiger partial charge in [-0.05, 0) is 0 Å². The molecule has 6 heteroatoms. The van der Waals surface area contributed by atoms with Crippen molar-refractivity contribution in [2.75, 3.05) is 12.3 Å². The van der Waals surface area contributed by atoms with E-state index in [1.54, 1.807) is 0 Å². The van der Waals surface area contributed by atoms with Crippen LogP contribution < -0.4 is 31.8 Å². The van der Waals surface area contributed by atoms with E-state index in [4.69, 9.17) is 7.94 Å². The summed E-state index contributed by atoms with van der Waals surface area (Å²) >= 11 is -2.32. The summed E-state index contributed by atoms with van der Waals surface area (Å²) in [5.41, 5.74) is 0. The van der Waals surface area contributed by atoms with Gasteiger partial charge in [-0.2, -0.15) is 0 Å². The second-order valence-corrected chi connectivity index (χ2v) is 22.0. The molecule has 242 valence electrons. The number of hydrogen-bond acceptors (Lipinski definition) is 3. The van der Waals surface area contributed by atoms with Gasteiger partial charge in [-0.25, -0.2) is 0 Å². The van der Waals surface area contributed by atoms with Gasteiger partial charge in [-0.15, -0.1) is 0 Å². The van der Waals surface area contributed by atoms with Crippen LogP contribution in [0, 0.1) is 0 Å². The standard InChI is InChI=1S/C42H40O3P2S/c1-3-35-46(37-23-11-5-12-24-37,38-25-13-6-14-26-38,39-27-15-7-16-28-39)44-48(43)45-47(36-4-2,40-29-17-8-18-30-40,41-31-19-9-20-32-41)42-33-21-10-22-34-42/h3-34H,1-2,35-36H2. The molecule has 6 aromatic carbocycles. The molecule has 0 saturated carbocycles. The maximum absolute atomic E-state index is 15.5. The van der Waals surface area contributed by atoms with Crippen molar-refractivity contribution >= 4 is 56.8 Å². The van der Waals surface area contributed by atoms with Crippen molar-refractivity contribution in [3.8, 4) is 0 Å². The van der Waals surface area contributed by atoms with Crippen LogP contribution in [-0.2, 0) is 19.3 Å². The van der Waals surface area contributed by atoms with Crippen molar-refractivity contribution in [1.82, 2.24) is 0 Å². The molecule has 0 aliphatic carbocycles. The molecule has 0 amide bonds. The Morgan fingerprint density at radius 2 is 0.583 bits per heavy atom. The summed E-state index contributed by atoms with van der Waals surface area (Å²) in [4.78, 5) is 0. The first kappa shape index (κ1) is 33.6. The first-order valence-electron chi connectivity index (χ1n) is 15.9. The molecule has 0 saturated heterocycles. The predicted molar refractivity (Wildman–Crippen MR) is 211 cm³/mol. The fourth-order valence-corrected chi connectivity index (χ4v) is 21.0. The fourth-order valence-electron chi connectivity index (χ4n) is 7.08. The Labute approximate surface area is 287 Å². The van der Waals surface area contributed by atoms with E-state index in [-0.39, 0.29) is 0 Å². The molecule has 6 rings (SSSR count). The van der Waals surface area contributed by atoms with E-state index in [9.17, 15) is 0 Å². The van der Waals surface area contributed by atoms with E-state index in [0.717, 1.165) is 31.8 Å². The number of benzene rings is 6. The Balaban J connectivity index is 1.71. The van der Waals surface area contributed by atoms with Crippen LogP contribution in [-0.4, -0.2) is 16.5 Å². The average Bonchev–Trinajstić information content (AvgIpc) is 3.16. The SMILES string of the molecule is C=CCP(OS(=O)OP(CC=C)(c1ccccc1)(c1ccccc1)c1ccccc1)(c1ccccc1)(c1ccccc1)c1ccccc1. The van der Waals surface area contributed by atoms with Gasteiger partial charge >= 0.3 is 289 Å². The zero-order valence-electron chi connectivity index (χ0n) is 26.8. The molecule has 0 N–H and O–H groups in total. The van der Waals surface area contributed by atoms with E-state index in [0.29, 0.717) is 12.3 Å². The Morgan fingerprint density at radius 3 is 0.750 bits per heavy atom. The average molecular weight is 687 g/mol. The van der Waals surface area contributed by atoms with Crippen LogP contribution in [0.1, 0.15) is 0 Å². The maximum atomic E-state index is 15.5. The van der Waals surface area contributed by atoms with Crippen molar-refractivity contribution in [2.45, 2.75) is 0 Å². The Kier molecular flexibility index (Phi) is 9.85. The quantitative estimate of drug-likeness (QED) is 0.0865. The molecular weight excluding hydrogens is 646 g/mol. The van der Waals surface area contributed by atoms with Gasteiger partial charge in [0.05, 0.1) is 0 Å². The predicted octanol–water partition coefficient (Wildman–Crippen LogP) is 7.86. The van der Waals surface area contributed by atoms with Gasteiger partial charge in [-0.1, -0.05) is 0 Å². The molecule has 0 spiro atoms. The van der Waals surface area contributed by atoms with Gasteiger partial charge < -0.3 is 0 Å². The summed E-state index contributed by atoms with van der Waals surface area (Å²) in [5.74, 6) is 0. The molecule has 6 aromatic rings. The van der Waals surface area contributed by atoms with Gasteiger partial charge in [-0.3, -0.25) is 0 Å². The van der Waals surface area contributed by atoms with Crippen LogP contribution in [0.3, 0.4) is 0 Å². The number of rotatable bonds is 14. The van der Waals surface area contributed by atoms with Crippen LogP contribution in [0.25, 0.3) is 0 Å². The Morgan fingerprint density at radius 1 is 0.396 bits per heavy atom. The Hall–Kier alpha value is -4.27. The van der Waals surface area contributed by atoms with E-state index < -0.39 is 25.0 Å². The summed E-state index contributed by atoms with van der Waals surface area (Å²) in [7, 11) is 0. The van der Waals surface area contributed by atoms with Crippen LogP contribution in [0.2, 0.25) is 0 Å². The topological polar surface area (TPSA) is 35.5 Å².